The zero-order chi connectivity index (χ0) is 18.5. The molecule has 27 heavy (non-hydrogen) atoms. The number of benzene rings is 2. The quantitative estimate of drug-likeness (QED) is 0.627. The van der Waals surface area contributed by atoms with Crippen LogP contribution in [-0.2, 0) is 11.3 Å². The first-order chi connectivity index (χ1) is 12.6. The van der Waals surface area contributed by atoms with Gasteiger partial charge in [0.1, 0.15) is 0 Å². The maximum Gasteiger partial charge on any atom is 0.240 e. The van der Waals surface area contributed by atoms with Gasteiger partial charge in [-0.15, -0.1) is 12.4 Å². The van der Waals surface area contributed by atoms with Crippen LogP contribution in [-0.4, -0.2) is 24.6 Å². The first kappa shape index (κ1) is 20.5. The number of nitrogens with one attached hydrogen (secondary N) is 1. The Morgan fingerprint density at radius 3 is 2.48 bits per heavy atom. The minimum atomic E-state index is -0.0427. The molecule has 1 atom stereocenters. The molecule has 0 fully saturated rings. The second-order valence-electron chi connectivity index (χ2n) is 6.34. The van der Waals surface area contributed by atoms with Crippen molar-refractivity contribution >= 4 is 35.7 Å². The van der Waals surface area contributed by atoms with Crippen LogP contribution in [0.5, 0.6) is 0 Å². The van der Waals surface area contributed by atoms with Crippen LogP contribution in [0, 0.1) is 5.92 Å². The molecule has 0 saturated heterocycles. The summed E-state index contributed by atoms with van der Waals surface area (Å²) in [7, 11) is 1.68. The summed E-state index contributed by atoms with van der Waals surface area (Å²) in [6, 6.07) is 18.1. The molecule has 0 radical (unpaired) electrons. The van der Waals surface area contributed by atoms with Crippen LogP contribution in [0.4, 0.5) is 5.69 Å². The third kappa shape index (κ3) is 4.86. The third-order valence-electron chi connectivity index (χ3n) is 4.42. The summed E-state index contributed by atoms with van der Waals surface area (Å²) in [4.78, 5) is 17.5. The van der Waals surface area contributed by atoms with E-state index >= 15 is 0 Å². The number of carbonyl (C=O) groups excluding carboxylic acids is 1. The van der Waals surface area contributed by atoms with E-state index in [1.807, 2.05) is 54.3 Å². The van der Waals surface area contributed by atoms with E-state index in [2.05, 4.69) is 27.7 Å². The van der Waals surface area contributed by atoms with Crippen molar-refractivity contribution in [2.75, 3.05) is 11.9 Å². The molecule has 2 aromatic rings. The van der Waals surface area contributed by atoms with Crippen LogP contribution in [0.15, 0.2) is 64.7 Å². The van der Waals surface area contributed by atoms with Crippen LogP contribution in [0.3, 0.4) is 0 Å². The van der Waals surface area contributed by atoms with Crippen molar-refractivity contribution in [3.8, 4) is 0 Å². The number of rotatable bonds is 4. The molecule has 1 unspecified atom stereocenters. The van der Waals surface area contributed by atoms with Gasteiger partial charge in [-0.3, -0.25) is 9.79 Å². The molecule has 1 aliphatic heterocycles. The highest BCUT2D eigenvalue weighted by molar-refractivity contribution is 6.06. The Morgan fingerprint density at radius 2 is 1.89 bits per heavy atom. The normalized spacial score (nSPS) is 16.8. The summed E-state index contributed by atoms with van der Waals surface area (Å²) in [5.41, 5.74) is 12.7. The summed E-state index contributed by atoms with van der Waals surface area (Å²) in [5.74, 6) is 0.508. The van der Waals surface area contributed by atoms with Crippen molar-refractivity contribution in [3.63, 3.8) is 0 Å². The maximum absolute atomic E-state index is 11.4. The van der Waals surface area contributed by atoms with Gasteiger partial charge in [-0.05, 0) is 23.3 Å². The van der Waals surface area contributed by atoms with Crippen molar-refractivity contribution in [1.29, 1.82) is 0 Å². The average molecular weight is 386 g/mol. The summed E-state index contributed by atoms with van der Waals surface area (Å²) < 4.78 is 0. The van der Waals surface area contributed by atoms with Crippen molar-refractivity contribution in [2.24, 2.45) is 21.7 Å². The topological polar surface area (TPSA) is 83.1 Å². The molecule has 1 aliphatic rings. The number of hydrogen-bond acceptors (Lipinski definition) is 3. The number of nitrogens with zero attached hydrogens (tertiary/aromatic N) is 3. The molecular weight excluding hydrogens is 362 g/mol. The van der Waals surface area contributed by atoms with Crippen molar-refractivity contribution < 1.29 is 4.79 Å². The molecule has 0 spiro atoms. The molecule has 1 amide bonds. The molecule has 1 heterocycles. The zero-order valence-corrected chi connectivity index (χ0v) is 16.2. The van der Waals surface area contributed by atoms with Crippen molar-refractivity contribution in [3.05, 3.63) is 65.7 Å². The number of hydrogen-bond donors (Lipinski definition) is 2. The molecular formula is C20H24ClN5O. The molecule has 3 N–H and O–H groups in total. The van der Waals surface area contributed by atoms with Gasteiger partial charge in [0.05, 0.1) is 12.3 Å². The van der Waals surface area contributed by atoms with Gasteiger partial charge < -0.3 is 10.6 Å². The maximum atomic E-state index is 11.4. The lowest BCUT2D eigenvalue weighted by Gasteiger charge is -2.24. The van der Waals surface area contributed by atoms with Gasteiger partial charge in [-0.25, -0.2) is 5.43 Å². The first-order valence-electron chi connectivity index (χ1n) is 8.59. The van der Waals surface area contributed by atoms with Gasteiger partial charge in [0.15, 0.2) is 5.96 Å². The second-order valence-corrected chi connectivity index (χ2v) is 6.34. The van der Waals surface area contributed by atoms with E-state index < -0.39 is 0 Å². The van der Waals surface area contributed by atoms with Gasteiger partial charge in [-0.2, -0.15) is 5.10 Å². The number of guanidine groups is 1. The molecule has 142 valence electrons. The van der Waals surface area contributed by atoms with Crippen LogP contribution in [0.2, 0.25) is 0 Å². The molecule has 0 bridgehead atoms. The molecule has 7 heteroatoms. The van der Waals surface area contributed by atoms with E-state index in [1.54, 1.807) is 7.05 Å². The standard InChI is InChI=1S/C20H23N5O.ClH/c1-14-12-18(26)23-24-19(14)16-8-10-17(11-9-16)25(20(21)22-2)13-15-6-4-3-5-7-15;/h3-11,14H,12-13H2,1-2H3,(H2,21,22)(H,23,26);1H. The van der Waals surface area contributed by atoms with E-state index in [1.165, 1.54) is 0 Å². The number of carbonyl (C=O) groups is 1. The Kier molecular flexibility index (Phi) is 6.96. The Labute approximate surface area is 165 Å². The third-order valence-corrected chi connectivity index (χ3v) is 4.42. The highest BCUT2D eigenvalue weighted by Gasteiger charge is 2.21. The van der Waals surface area contributed by atoms with Gasteiger partial charge in [0, 0.05) is 25.1 Å². The Bertz CT molecular complexity index is 833. The highest BCUT2D eigenvalue weighted by atomic mass is 35.5. The van der Waals surface area contributed by atoms with E-state index in [0.717, 1.165) is 22.5 Å². The molecule has 0 saturated carbocycles. The molecule has 0 aliphatic carbocycles. The molecule has 0 aromatic heterocycles. The zero-order valence-electron chi connectivity index (χ0n) is 15.4. The fraction of sp³-hybridized carbons (Fsp3) is 0.250. The fourth-order valence-corrected chi connectivity index (χ4v) is 3.01. The van der Waals surface area contributed by atoms with Crippen molar-refractivity contribution in [2.45, 2.75) is 19.9 Å². The molecule has 3 rings (SSSR count). The summed E-state index contributed by atoms with van der Waals surface area (Å²) in [6.07, 6.45) is 0.455. The van der Waals surface area contributed by atoms with E-state index in [4.69, 9.17) is 5.73 Å². The lowest BCUT2D eigenvalue weighted by molar-refractivity contribution is -0.121. The Morgan fingerprint density at radius 1 is 1.22 bits per heavy atom. The first-order valence-corrected chi connectivity index (χ1v) is 8.59. The lowest BCUT2D eigenvalue weighted by atomic mass is 9.94. The minimum absolute atomic E-state index is 0. The smallest absolute Gasteiger partial charge is 0.240 e. The summed E-state index contributed by atoms with van der Waals surface area (Å²) in [6.45, 7) is 2.64. The van der Waals surface area contributed by atoms with Crippen LogP contribution in [0.25, 0.3) is 0 Å². The van der Waals surface area contributed by atoms with E-state index in [-0.39, 0.29) is 24.2 Å². The van der Waals surface area contributed by atoms with E-state index in [0.29, 0.717) is 18.9 Å². The predicted octanol–water partition coefficient (Wildman–Crippen LogP) is 2.92. The monoisotopic (exact) mass is 385 g/mol. The van der Waals surface area contributed by atoms with Gasteiger partial charge in [0.25, 0.3) is 0 Å². The number of hydrazone groups is 1. The molecule has 2 aromatic carbocycles. The number of halogens is 1. The Hall–Kier alpha value is -2.86. The lowest BCUT2D eigenvalue weighted by Crippen LogP contribution is -2.37. The number of anilines is 1. The van der Waals surface area contributed by atoms with Gasteiger partial charge >= 0.3 is 0 Å². The predicted molar refractivity (Wildman–Crippen MR) is 112 cm³/mol. The largest absolute Gasteiger partial charge is 0.370 e. The second kappa shape index (κ2) is 9.19. The Balaban J connectivity index is 0.00000261. The van der Waals surface area contributed by atoms with Crippen LogP contribution in [0.1, 0.15) is 24.5 Å². The number of nitrogens with two attached hydrogens (primary N) is 1. The SMILES string of the molecule is CN=C(N)N(Cc1ccccc1)c1ccc(C2=NNC(=O)CC2C)cc1.Cl. The van der Waals surface area contributed by atoms with Crippen LogP contribution < -0.4 is 16.1 Å². The minimum Gasteiger partial charge on any atom is -0.370 e. The van der Waals surface area contributed by atoms with Crippen LogP contribution >= 0.6 is 12.4 Å². The average Bonchev–Trinajstić information content (AvgIpc) is 2.67. The van der Waals surface area contributed by atoms with E-state index in [9.17, 15) is 4.79 Å². The summed E-state index contributed by atoms with van der Waals surface area (Å²) in [5, 5.41) is 4.21. The molecule has 6 nitrogen and oxygen atoms in total. The highest BCUT2D eigenvalue weighted by Crippen LogP contribution is 2.22. The summed E-state index contributed by atoms with van der Waals surface area (Å²) >= 11 is 0. The van der Waals surface area contributed by atoms with Gasteiger partial charge in [-0.1, -0.05) is 49.4 Å². The van der Waals surface area contributed by atoms with Crippen molar-refractivity contribution in [1.82, 2.24) is 5.43 Å². The number of aliphatic imine (C=N–C) groups is 1. The number of amides is 1. The van der Waals surface area contributed by atoms with Gasteiger partial charge in [0.2, 0.25) is 5.91 Å². The fourth-order valence-electron chi connectivity index (χ4n) is 3.01.